The van der Waals surface area contributed by atoms with E-state index >= 15 is 0 Å². The molecular formula is C24H24N8O2. The number of aryl methyl sites for hydroxylation is 1. The molecule has 1 aliphatic heterocycles. The van der Waals surface area contributed by atoms with E-state index < -0.39 is 0 Å². The van der Waals surface area contributed by atoms with Gasteiger partial charge in [0.25, 0.3) is 0 Å². The first-order valence-corrected chi connectivity index (χ1v) is 11.3. The molecule has 0 bridgehead atoms. The summed E-state index contributed by atoms with van der Waals surface area (Å²) >= 11 is 0. The first-order chi connectivity index (χ1) is 16.5. The fourth-order valence-electron chi connectivity index (χ4n) is 4.73. The highest BCUT2D eigenvalue weighted by Crippen LogP contribution is 2.37. The second kappa shape index (κ2) is 7.68. The number of fused-ring (bicyclic) bond motifs is 2. The summed E-state index contributed by atoms with van der Waals surface area (Å²) in [7, 11) is 1.86. The largest absolute Gasteiger partial charge is 0.452 e. The molecule has 10 heteroatoms. The molecule has 1 aromatic carbocycles. The van der Waals surface area contributed by atoms with Gasteiger partial charge in [0.15, 0.2) is 11.4 Å². The number of carbonyl (C=O) groups excluding carboxylic acids is 1. The molecule has 0 radical (unpaired) electrons. The van der Waals surface area contributed by atoms with E-state index in [1.165, 1.54) is 0 Å². The van der Waals surface area contributed by atoms with Gasteiger partial charge >= 0.3 is 0 Å². The van der Waals surface area contributed by atoms with Crippen LogP contribution in [0.2, 0.25) is 0 Å². The molecule has 1 fully saturated rings. The van der Waals surface area contributed by atoms with Gasteiger partial charge in [0.05, 0.1) is 17.8 Å². The van der Waals surface area contributed by atoms with Gasteiger partial charge in [0.2, 0.25) is 5.91 Å². The Morgan fingerprint density at radius 1 is 1.15 bits per heavy atom. The molecule has 2 N–H and O–H groups in total. The van der Waals surface area contributed by atoms with Crippen LogP contribution in [0.25, 0.3) is 44.5 Å². The van der Waals surface area contributed by atoms with Crippen LogP contribution in [0.5, 0.6) is 0 Å². The number of furan rings is 1. The molecule has 6 rings (SSSR count). The Balaban J connectivity index is 1.35. The molecule has 5 heterocycles. The molecule has 34 heavy (non-hydrogen) atoms. The van der Waals surface area contributed by atoms with Gasteiger partial charge in [-0.2, -0.15) is 5.10 Å². The second-order valence-electron chi connectivity index (χ2n) is 8.77. The van der Waals surface area contributed by atoms with E-state index in [1.54, 1.807) is 17.8 Å². The van der Waals surface area contributed by atoms with Gasteiger partial charge in [0, 0.05) is 61.5 Å². The number of nitrogens with zero attached hydrogens (tertiary/aromatic N) is 7. The minimum Gasteiger partial charge on any atom is -0.452 e. The number of rotatable bonds is 3. The third-order valence-corrected chi connectivity index (χ3v) is 6.68. The van der Waals surface area contributed by atoms with Crippen LogP contribution in [0.15, 0.2) is 47.3 Å². The summed E-state index contributed by atoms with van der Waals surface area (Å²) in [4.78, 5) is 17.9. The highest BCUT2D eigenvalue weighted by molar-refractivity contribution is 6.00. The lowest BCUT2D eigenvalue weighted by molar-refractivity contribution is -0.130. The Morgan fingerprint density at radius 3 is 2.76 bits per heavy atom. The normalized spacial score (nSPS) is 14.9. The van der Waals surface area contributed by atoms with Crippen LogP contribution < -0.4 is 5.73 Å². The summed E-state index contributed by atoms with van der Waals surface area (Å²) in [5.74, 6) is 1.16. The number of nitrogens with two attached hydrogens (primary N) is 1. The zero-order valence-corrected chi connectivity index (χ0v) is 19.0. The maximum atomic E-state index is 11.6. The molecule has 1 aliphatic rings. The minimum absolute atomic E-state index is 0.129. The lowest BCUT2D eigenvalue weighted by atomic mass is 10.0. The van der Waals surface area contributed by atoms with Gasteiger partial charge in [-0.1, -0.05) is 5.21 Å². The summed E-state index contributed by atoms with van der Waals surface area (Å²) < 4.78 is 9.89. The number of anilines is 1. The monoisotopic (exact) mass is 456 g/mol. The number of nitrogen functional groups attached to an aromatic ring is 1. The van der Waals surface area contributed by atoms with E-state index in [0.29, 0.717) is 17.2 Å². The zero-order chi connectivity index (χ0) is 23.4. The summed E-state index contributed by atoms with van der Waals surface area (Å²) in [6.45, 7) is 3.13. The van der Waals surface area contributed by atoms with Crippen molar-refractivity contribution in [2.75, 3.05) is 18.8 Å². The standard InChI is InChI=1S/C24H24N8O2/c1-14(33)31-7-5-17(6-8-31)32-13-16(11-27-32)19-12-26-24(25)23-18(19)10-22(34-23)15-3-4-21-20(9-15)28-29-30(21)2/h3-4,9-13,17H,5-8H2,1-2H3,(H2,25,26). The van der Waals surface area contributed by atoms with Crippen molar-refractivity contribution < 1.29 is 9.21 Å². The van der Waals surface area contributed by atoms with Crippen LogP contribution in [0.1, 0.15) is 25.8 Å². The smallest absolute Gasteiger partial charge is 0.219 e. The fourth-order valence-corrected chi connectivity index (χ4v) is 4.73. The number of hydrogen-bond acceptors (Lipinski definition) is 7. The molecule has 10 nitrogen and oxygen atoms in total. The van der Waals surface area contributed by atoms with Gasteiger partial charge in [-0.15, -0.1) is 5.10 Å². The van der Waals surface area contributed by atoms with Crippen molar-refractivity contribution in [2.45, 2.75) is 25.8 Å². The van der Waals surface area contributed by atoms with Gasteiger partial charge in [0.1, 0.15) is 11.3 Å². The number of benzene rings is 1. The average Bonchev–Trinajstić information content (AvgIpc) is 3.58. The lowest BCUT2D eigenvalue weighted by Crippen LogP contribution is -2.37. The molecule has 0 saturated carbocycles. The van der Waals surface area contributed by atoms with Crippen LogP contribution in [0.3, 0.4) is 0 Å². The summed E-state index contributed by atoms with van der Waals surface area (Å²) in [6.07, 6.45) is 7.43. The molecule has 172 valence electrons. The van der Waals surface area contributed by atoms with Crippen LogP contribution in [-0.4, -0.2) is 53.7 Å². The SMILES string of the molecule is CC(=O)N1CCC(n2cc(-c3cnc(N)c4oc(-c5ccc6c(c5)nnn6C)cc34)cn2)CC1. The fraction of sp³-hybridized carbons (Fsp3) is 0.292. The molecule has 1 saturated heterocycles. The predicted molar refractivity (Wildman–Crippen MR) is 128 cm³/mol. The minimum atomic E-state index is 0.129. The number of likely N-dealkylation sites (tertiary alicyclic amines) is 1. The number of hydrogen-bond donors (Lipinski definition) is 1. The maximum absolute atomic E-state index is 11.6. The van der Waals surface area contributed by atoms with E-state index in [9.17, 15) is 4.79 Å². The van der Waals surface area contributed by atoms with Crippen molar-refractivity contribution in [1.82, 2.24) is 34.7 Å². The second-order valence-corrected chi connectivity index (χ2v) is 8.77. The van der Waals surface area contributed by atoms with Gasteiger partial charge in [-0.25, -0.2) is 9.67 Å². The van der Waals surface area contributed by atoms with Crippen LogP contribution in [-0.2, 0) is 11.8 Å². The van der Waals surface area contributed by atoms with Crippen molar-refractivity contribution in [3.63, 3.8) is 0 Å². The third-order valence-electron chi connectivity index (χ3n) is 6.68. The van der Waals surface area contributed by atoms with E-state index in [1.807, 2.05) is 53.3 Å². The van der Waals surface area contributed by atoms with Crippen LogP contribution in [0.4, 0.5) is 5.82 Å². The summed E-state index contributed by atoms with van der Waals surface area (Å²) in [5.41, 5.74) is 11.2. The number of pyridine rings is 1. The van der Waals surface area contributed by atoms with Gasteiger partial charge in [-0.05, 0) is 37.1 Å². The van der Waals surface area contributed by atoms with Gasteiger partial charge < -0.3 is 15.1 Å². The maximum Gasteiger partial charge on any atom is 0.219 e. The summed E-state index contributed by atoms with van der Waals surface area (Å²) in [6, 6.07) is 8.16. The predicted octanol–water partition coefficient (Wildman–Crippen LogP) is 3.41. The highest BCUT2D eigenvalue weighted by atomic mass is 16.3. The van der Waals surface area contributed by atoms with Crippen molar-refractivity contribution in [1.29, 1.82) is 0 Å². The van der Waals surface area contributed by atoms with E-state index in [4.69, 9.17) is 10.2 Å². The molecule has 0 atom stereocenters. The van der Waals surface area contributed by atoms with Crippen molar-refractivity contribution in [2.24, 2.45) is 7.05 Å². The first-order valence-electron chi connectivity index (χ1n) is 11.3. The first kappa shape index (κ1) is 20.4. The number of piperidine rings is 1. The number of carbonyl (C=O) groups is 1. The Bertz CT molecular complexity index is 1540. The number of amides is 1. The molecule has 0 aliphatic carbocycles. The highest BCUT2D eigenvalue weighted by Gasteiger charge is 2.23. The van der Waals surface area contributed by atoms with E-state index in [2.05, 4.69) is 20.4 Å². The van der Waals surface area contributed by atoms with E-state index in [-0.39, 0.29) is 11.9 Å². The Morgan fingerprint density at radius 2 is 1.97 bits per heavy atom. The molecule has 0 spiro atoms. The van der Waals surface area contributed by atoms with Crippen LogP contribution >= 0.6 is 0 Å². The van der Waals surface area contributed by atoms with Crippen molar-refractivity contribution >= 4 is 33.7 Å². The molecule has 5 aromatic rings. The third kappa shape index (κ3) is 3.30. The van der Waals surface area contributed by atoms with E-state index in [0.717, 1.165) is 59.0 Å². The quantitative estimate of drug-likeness (QED) is 0.442. The zero-order valence-electron chi connectivity index (χ0n) is 19.0. The topological polar surface area (TPSA) is 121 Å². The molecular weight excluding hydrogens is 432 g/mol. The number of aromatic nitrogens is 6. The molecule has 4 aromatic heterocycles. The molecule has 1 amide bonds. The molecule has 0 unspecified atom stereocenters. The van der Waals surface area contributed by atoms with Crippen molar-refractivity contribution in [3.8, 4) is 22.5 Å². The van der Waals surface area contributed by atoms with Crippen LogP contribution in [0, 0.1) is 0 Å². The average molecular weight is 457 g/mol. The Kier molecular flexibility index (Phi) is 4.61. The van der Waals surface area contributed by atoms with Crippen molar-refractivity contribution in [3.05, 3.63) is 42.9 Å². The Hall–Kier alpha value is -4.21. The lowest BCUT2D eigenvalue weighted by Gasteiger charge is -2.31. The Labute approximate surface area is 195 Å². The summed E-state index contributed by atoms with van der Waals surface area (Å²) in [5, 5.41) is 13.8. The van der Waals surface area contributed by atoms with Gasteiger partial charge in [-0.3, -0.25) is 9.48 Å².